The van der Waals surface area contributed by atoms with Gasteiger partial charge in [0.15, 0.2) is 0 Å². The number of hydrogen-bond acceptors (Lipinski definition) is 5. The van der Waals surface area contributed by atoms with Crippen molar-refractivity contribution < 1.29 is 17.2 Å². The summed E-state index contributed by atoms with van der Waals surface area (Å²) in [7, 11) is -3.95. The minimum absolute atomic E-state index is 0.00368. The van der Waals surface area contributed by atoms with Gasteiger partial charge in [0.2, 0.25) is 15.9 Å². The number of hydrogen-bond donors (Lipinski definition) is 1. The lowest BCUT2D eigenvalue weighted by Gasteiger charge is -2.30. The largest absolute Gasteiger partial charge is 0.434 e. The second kappa shape index (κ2) is 7.33. The van der Waals surface area contributed by atoms with Crippen LogP contribution < -0.4 is 5.76 Å². The second-order valence-corrected chi connectivity index (χ2v) is 9.69. The van der Waals surface area contributed by atoms with Crippen molar-refractivity contribution in [2.45, 2.75) is 44.2 Å². The third-order valence-electron chi connectivity index (χ3n) is 5.61. The van der Waals surface area contributed by atoms with Gasteiger partial charge in [-0.2, -0.15) is 4.31 Å². The summed E-state index contributed by atoms with van der Waals surface area (Å²) in [5, 5.41) is 6.45. The molecular formula is C20H19ClFN3O4S. The summed E-state index contributed by atoms with van der Waals surface area (Å²) < 4.78 is 47.8. The maximum atomic E-state index is 14.9. The highest BCUT2D eigenvalue weighted by Crippen LogP contribution is 2.44. The van der Waals surface area contributed by atoms with Crippen molar-refractivity contribution in [3.63, 3.8) is 0 Å². The molecule has 2 aromatic carbocycles. The smallest absolute Gasteiger partial charge is 0.391 e. The van der Waals surface area contributed by atoms with E-state index in [0.29, 0.717) is 21.7 Å². The van der Waals surface area contributed by atoms with E-state index in [1.807, 2.05) is 6.92 Å². The predicted molar refractivity (Wildman–Crippen MR) is 108 cm³/mol. The number of rotatable bonds is 4. The summed E-state index contributed by atoms with van der Waals surface area (Å²) in [4.78, 5) is 11.8. The van der Waals surface area contributed by atoms with E-state index in [2.05, 4.69) is 10.2 Å². The quantitative estimate of drug-likeness (QED) is 0.650. The Balaban J connectivity index is 1.90. The fourth-order valence-electron chi connectivity index (χ4n) is 4.03. The minimum atomic E-state index is -3.95. The molecule has 0 saturated carbocycles. The molecule has 1 aliphatic heterocycles. The molecule has 2 heterocycles. The van der Waals surface area contributed by atoms with Crippen LogP contribution in [0, 0.1) is 19.7 Å². The van der Waals surface area contributed by atoms with E-state index in [-0.39, 0.29) is 17.3 Å². The number of sulfonamides is 1. The molecule has 1 N–H and O–H groups in total. The summed E-state index contributed by atoms with van der Waals surface area (Å²) in [6.45, 7) is 5.31. The standard InChI is InChI=1S/C20H19ClFN3O4S/c1-10-4-6-15(22)17(11(10)2)12(3)18(19-23-24-20(26)29-19)25-9-13-8-14(21)5-7-16(13)30(25,27)28/h4-8,12,18H,9H2,1-3H3,(H,24,26)/t12?,18-/m0/s1. The van der Waals surface area contributed by atoms with Gasteiger partial charge in [0.25, 0.3) is 0 Å². The van der Waals surface area contributed by atoms with E-state index >= 15 is 0 Å². The maximum Gasteiger partial charge on any atom is 0.434 e. The highest BCUT2D eigenvalue weighted by atomic mass is 35.5. The summed E-state index contributed by atoms with van der Waals surface area (Å²) in [5.74, 6) is -2.11. The fraction of sp³-hybridized carbons (Fsp3) is 0.300. The zero-order valence-corrected chi connectivity index (χ0v) is 18.0. The summed E-state index contributed by atoms with van der Waals surface area (Å²) in [6.07, 6.45) is 0. The van der Waals surface area contributed by atoms with Gasteiger partial charge in [0.1, 0.15) is 11.9 Å². The van der Waals surface area contributed by atoms with E-state index in [4.69, 9.17) is 16.0 Å². The normalized spacial score (nSPS) is 17.6. The number of aromatic nitrogens is 2. The molecular weight excluding hydrogens is 433 g/mol. The number of aryl methyl sites for hydroxylation is 1. The van der Waals surface area contributed by atoms with Crippen molar-refractivity contribution in [1.29, 1.82) is 0 Å². The minimum Gasteiger partial charge on any atom is -0.391 e. The zero-order valence-electron chi connectivity index (χ0n) is 16.4. The molecule has 4 rings (SSSR count). The Bertz CT molecular complexity index is 1300. The maximum absolute atomic E-state index is 14.9. The topological polar surface area (TPSA) is 96.3 Å². The lowest BCUT2D eigenvalue weighted by atomic mass is 9.87. The first kappa shape index (κ1) is 20.8. The van der Waals surface area contributed by atoms with Gasteiger partial charge in [-0.1, -0.05) is 24.6 Å². The average Bonchev–Trinajstić information content (AvgIpc) is 3.20. The van der Waals surface area contributed by atoms with Gasteiger partial charge in [-0.05, 0) is 60.4 Å². The molecule has 3 aromatic rings. The Morgan fingerprint density at radius 2 is 2.00 bits per heavy atom. The van der Waals surface area contributed by atoms with Gasteiger partial charge in [-0.25, -0.2) is 22.7 Å². The molecule has 2 atom stereocenters. The second-order valence-electron chi connectivity index (χ2n) is 7.39. The Hall–Kier alpha value is -2.49. The molecule has 0 spiro atoms. The van der Waals surface area contributed by atoms with Crippen LogP contribution >= 0.6 is 11.6 Å². The van der Waals surface area contributed by atoms with E-state index in [0.717, 1.165) is 5.56 Å². The number of halogens is 2. The molecule has 10 heteroatoms. The Morgan fingerprint density at radius 1 is 1.27 bits per heavy atom. The summed E-state index contributed by atoms with van der Waals surface area (Å²) in [6, 6.07) is 6.48. The molecule has 0 radical (unpaired) electrons. The molecule has 0 amide bonds. The first-order chi connectivity index (χ1) is 14.1. The van der Waals surface area contributed by atoms with Crippen LogP contribution in [-0.2, 0) is 16.6 Å². The van der Waals surface area contributed by atoms with Gasteiger partial charge >= 0.3 is 5.76 Å². The van der Waals surface area contributed by atoms with Crippen LogP contribution in [0.4, 0.5) is 4.39 Å². The van der Waals surface area contributed by atoms with Crippen LogP contribution in [0.25, 0.3) is 0 Å². The lowest BCUT2D eigenvalue weighted by molar-refractivity contribution is 0.241. The van der Waals surface area contributed by atoms with E-state index in [9.17, 15) is 17.6 Å². The third-order valence-corrected chi connectivity index (χ3v) is 7.78. The fourth-order valence-corrected chi connectivity index (χ4v) is 6.05. The summed E-state index contributed by atoms with van der Waals surface area (Å²) >= 11 is 6.04. The zero-order chi connectivity index (χ0) is 21.8. The molecule has 158 valence electrons. The van der Waals surface area contributed by atoms with Crippen molar-refractivity contribution in [2.75, 3.05) is 0 Å². The first-order valence-corrected chi connectivity index (χ1v) is 11.0. The number of H-pyrrole nitrogens is 1. The van der Waals surface area contributed by atoms with Gasteiger partial charge in [-0.3, -0.25) is 0 Å². The van der Waals surface area contributed by atoms with Crippen LogP contribution in [-0.4, -0.2) is 22.9 Å². The highest BCUT2D eigenvalue weighted by molar-refractivity contribution is 7.89. The molecule has 1 aliphatic rings. The molecule has 0 saturated heterocycles. The van der Waals surface area contributed by atoms with Gasteiger partial charge in [0, 0.05) is 17.5 Å². The van der Waals surface area contributed by atoms with Crippen LogP contribution in [0.3, 0.4) is 0 Å². The SMILES string of the molecule is Cc1ccc(F)c(C(C)[C@@H](c2n[nH]c(=O)o2)N2Cc3cc(Cl)ccc3S2(=O)=O)c1C. The van der Waals surface area contributed by atoms with Crippen molar-refractivity contribution in [2.24, 2.45) is 0 Å². The van der Waals surface area contributed by atoms with Crippen molar-refractivity contribution in [1.82, 2.24) is 14.5 Å². The monoisotopic (exact) mass is 451 g/mol. The molecule has 0 fully saturated rings. The van der Waals surface area contributed by atoms with Crippen molar-refractivity contribution in [3.8, 4) is 0 Å². The Labute approximate surface area is 177 Å². The Kier molecular flexibility index (Phi) is 5.08. The van der Waals surface area contributed by atoms with Gasteiger partial charge in [0.05, 0.1) is 4.90 Å². The first-order valence-electron chi connectivity index (χ1n) is 9.22. The molecule has 0 bridgehead atoms. The third kappa shape index (κ3) is 3.27. The number of fused-ring (bicyclic) bond motifs is 1. The number of nitrogens with one attached hydrogen (secondary N) is 1. The number of nitrogens with zero attached hydrogens (tertiary/aromatic N) is 2. The highest BCUT2D eigenvalue weighted by Gasteiger charge is 2.45. The molecule has 0 aliphatic carbocycles. The average molecular weight is 452 g/mol. The van der Waals surface area contributed by atoms with E-state index in [1.165, 1.54) is 22.5 Å². The van der Waals surface area contributed by atoms with Crippen LogP contribution in [0.1, 0.15) is 47.0 Å². The summed E-state index contributed by atoms with van der Waals surface area (Å²) in [5.41, 5.74) is 2.41. The molecule has 30 heavy (non-hydrogen) atoms. The van der Waals surface area contributed by atoms with Crippen LogP contribution in [0.2, 0.25) is 5.02 Å². The predicted octanol–water partition coefficient (Wildman–Crippen LogP) is 3.82. The van der Waals surface area contributed by atoms with Gasteiger partial charge < -0.3 is 4.42 Å². The number of aromatic amines is 1. The van der Waals surface area contributed by atoms with Gasteiger partial charge in [-0.15, -0.1) is 5.10 Å². The molecule has 1 unspecified atom stereocenters. The van der Waals surface area contributed by atoms with E-state index < -0.39 is 33.6 Å². The lowest BCUT2D eigenvalue weighted by Crippen LogP contribution is -2.33. The van der Waals surface area contributed by atoms with Crippen LogP contribution in [0.5, 0.6) is 0 Å². The molecule has 7 nitrogen and oxygen atoms in total. The number of benzene rings is 2. The van der Waals surface area contributed by atoms with Crippen molar-refractivity contribution in [3.05, 3.63) is 79.9 Å². The Morgan fingerprint density at radius 3 is 2.67 bits per heavy atom. The van der Waals surface area contributed by atoms with Crippen molar-refractivity contribution >= 4 is 21.6 Å². The molecule has 1 aromatic heterocycles. The van der Waals surface area contributed by atoms with Crippen LogP contribution in [0.15, 0.2) is 44.4 Å². The van der Waals surface area contributed by atoms with E-state index in [1.54, 1.807) is 26.0 Å².